The van der Waals surface area contributed by atoms with Crippen LogP contribution in [0.5, 0.6) is 5.75 Å². The molecule has 0 atom stereocenters. The van der Waals surface area contributed by atoms with Crippen LogP contribution < -0.4 is 9.61 Å². The largest absolute Gasteiger partial charge is 0.496 e. The van der Waals surface area contributed by atoms with E-state index in [-0.39, 0.29) is 17.2 Å². The molecule has 0 aliphatic rings. The Balaban J connectivity index is 2.00. The van der Waals surface area contributed by atoms with Crippen LogP contribution in [0.3, 0.4) is 0 Å². The summed E-state index contributed by atoms with van der Waals surface area (Å²) in [5.74, 6) is 0.656. The predicted molar refractivity (Wildman–Crippen MR) is 92.4 cm³/mol. The van der Waals surface area contributed by atoms with Crippen LogP contribution >= 0.6 is 22.9 Å². The first-order chi connectivity index (χ1) is 10.9. The van der Waals surface area contributed by atoms with Crippen molar-refractivity contribution in [2.24, 2.45) is 0 Å². The van der Waals surface area contributed by atoms with E-state index in [0.717, 1.165) is 22.6 Å². The van der Waals surface area contributed by atoms with Crippen molar-refractivity contribution in [1.82, 2.24) is 9.47 Å². The van der Waals surface area contributed by atoms with E-state index < -0.39 is 0 Å². The molecule has 2 aromatic rings. The number of ether oxygens (including phenoxy) is 1. The maximum atomic E-state index is 12.3. The highest BCUT2D eigenvalue weighted by molar-refractivity contribution is 7.07. The van der Waals surface area contributed by atoms with Crippen LogP contribution in [0.2, 0.25) is 5.02 Å². The van der Waals surface area contributed by atoms with Gasteiger partial charge in [0.1, 0.15) is 5.75 Å². The Morgan fingerprint density at radius 1 is 1.43 bits per heavy atom. The van der Waals surface area contributed by atoms with Gasteiger partial charge in [-0.05, 0) is 25.1 Å². The summed E-state index contributed by atoms with van der Waals surface area (Å²) < 4.78 is 6.91. The highest BCUT2D eigenvalue weighted by Crippen LogP contribution is 2.23. The van der Waals surface area contributed by atoms with Gasteiger partial charge >= 0.3 is 4.87 Å². The Kier molecular flexibility index (Phi) is 5.85. The van der Waals surface area contributed by atoms with Crippen LogP contribution in [0.25, 0.3) is 0 Å². The highest BCUT2D eigenvalue weighted by atomic mass is 35.5. The molecule has 1 heterocycles. The molecule has 124 valence electrons. The lowest BCUT2D eigenvalue weighted by Crippen LogP contribution is -2.28. The zero-order chi connectivity index (χ0) is 17.0. The fraction of sp³-hybridized carbons (Fsp3) is 0.375. The highest BCUT2D eigenvalue weighted by Gasteiger charge is 2.13. The summed E-state index contributed by atoms with van der Waals surface area (Å²) >= 11 is 7.16. The maximum absolute atomic E-state index is 12.3. The number of thiazole rings is 1. The van der Waals surface area contributed by atoms with E-state index in [0.29, 0.717) is 23.9 Å². The SMILES string of the molecule is COc1ccc(Cl)cc1CN(C)C(=O)CCn1c(C)csc1=O. The van der Waals surface area contributed by atoms with Crippen LogP contribution in [0.1, 0.15) is 17.7 Å². The molecule has 5 nitrogen and oxygen atoms in total. The third-order valence-corrected chi connectivity index (χ3v) is 4.72. The summed E-state index contributed by atoms with van der Waals surface area (Å²) in [5, 5.41) is 2.40. The quantitative estimate of drug-likeness (QED) is 0.801. The van der Waals surface area contributed by atoms with Crippen LogP contribution in [0.4, 0.5) is 0 Å². The molecular weight excluding hydrogens is 336 g/mol. The monoisotopic (exact) mass is 354 g/mol. The smallest absolute Gasteiger partial charge is 0.307 e. The minimum Gasteiger partial charge on any atom is -0.496 e. The lowest BCUT2D eigenvalue weighted by Gasteiger charge is -2.19. The Bertz CT molecular complexity index is 754. The van der Waals surface area contributed by atoms with E-state index in [2.05, 4.69) is 0 Å². The van der Waals surface area contributed by atoms with Crippen molar-refractivity contribution < 1.29 is 9.53 Å². The molecule has 7 heteroatoms. The number of nitrogens with zero attached hydrogens (tertiary/aromatic N) is 2. The Hall–Kier alpha value is -1.79. The van der Waals surface area contributed by atoms with Gasteiger partial charge in [0.05, 0.1) is 7.11 Å². The van der Waals surface area contributed by atoms with Gasteiger partial charge in [-0.25, -0.2) is 0 Å². The van der Waals surface area contributed by atoms with Gasteiger partial charge in [0, 0.05) is 48.2 Å². The first-order valence-electron chi connectivity index (χ1n) is 7.13. The first-order valence-corrected chi connectivity index (χ1v) is 8.39. The number of benzene rings is 1. The molecule has 1 amide bonds. The molecule has 0 fully saturated rings. The number of carbonyl (C=O) groups excluding carboxylic acids is 1. The van der Waals surface area contributed by atoms with Gasteiger partial charge < -0.3 is 14.2 Å². The molecule has 0 aliphatic carbocycles. The van der Waals surface area contributed by atoms with E-state index in [1.165, 1.54) is 0 Å². The van der Waals surface area contributed by atoms with E-state index in [1.54, 1.807) is 47.2 Å². The van der Waals surface area contributed by atoms with Gasteiger partial charge in [-0.3, -0.25) is 9.59 Å². The molecule has 1 aromatic carbocycles. The molecule has 23 heavy (non-hydrogen) atoms. The molecule has 0 spiro atoms. The Morgan fingerprint density at radius 2 is 2.17 bits per heavy atom. The average molecular weight is 355 g/mol. The lowest BCUT2D eigenvalue weighted by atomic mass is 10.2. The summed E-state index contributed by atoms with van der Waals surface area (Å²) in [6.45, 7) is 2.66. The molecule has 0 radical (unpaired) electrons. The zero-order valence-electron chi connectivity index (χ0n) is 13.3. The van der Waals surface area contributed by atoms with Crippen molar-refractivity contribution in [3.63, 3.8) is 0 Å². The topological polar surface area (TPSA) is 51.5 Å². The molecule has 0 saturated heterocycles. The second kappa shape index (κ2) is 7.66. The first kappa shape index (κ1) is 17.6. The zero-order valence-corrected chi connectivity index (χ0v) is 14.9. The molecular formula is C16H19ClN2O3S. The van der Waals surface area contributed by atoms with Crippen LogP contribution in [0, 0.1) is 6.92 Å². The van der Waals surface area contributed by atoms with Gasteiger partial charge in [0.2, 0.25) is 5.91 Å². The minimum atomic E-state index is -0.0375. The van der Waals surface area contributed by atoms with Crippen molar-refractivity contribution in [2.45, 2.75) is 26.4 Å². The minimum absolute atomic E-state index is 0.0329. The predicted octanol–water partition coefficient (Wildman–Crippen LogP) is 2.93. The third kappa shape index (κ3) is 4.36. The molecule has 2 rings (SSSR count). The van der Waals surface area contributed by atoms with Crippen molar-refractivity contribution in [3.8, 4) is 5.75 Å². The summed E-state index contributed by atoms with van der Waals surface area (Å²) in [6, 6.07) is 5.32. The summed E-state index contributed by atoms with van der Waals surface area (Å²) in [5.41, 5.74) is 1.73. The Morgan fingerprint density at radius 3 is 2.78 bits per heavy atom. The normalized spacial score (nSPS) is 10.6. The van der Waals surface area contributed by atoms with Gasteiger partial charge in [-0.1, -0.05) is 22.9 Å². The molecule has 1 aromatic heterocycles. The number of hydrogen-bond acceptors (Lipinski definition) is 4. The van der Waals surface area contributed by atoms with E-state index in [1.807, 2.05) is 6.92 Å². The van der Waals surface area contributed by atoms with Gasteiger partial charge in [0.15, 0.2) is 0 Å². The van der Waals surface area contributed by atoms with Gasteiger partial charge in [-0.15, -0.1) is 0 Å². The molecule has 0 aliphatic heterocycles. The second-order valence-electron chi connectivity index (χ2n) is 5.25. The molecule has 0 N–H and O–H groups in total. The number of halogens is 1. The second-order valence-corrected chi connectivity index (χ2v) is 6.51. The number of methoxy groups -OCH3 is 1. The number of aryl methyl sites for hydroxylation is 1. The number of rotatable bonds is 6. The fourth-order valence-corrected chi connectivity index (χ4v) is 3.24. The summed E-state index contributed by atoms with van der Waals surface area (Å²) in [6.07, 6.45) is 0.275. The standard InChI is InChI=1S/C16H19ClN2O3S/c1-11-10-23-16(21)19(11)7-6-15(20)18(2)9-12-8-13(17)4-5-14(12)22-3/h4-5,8,10H,6-7,9H2,1-3H3. The van der Waals surface area contributed by atoms with Crippen LogP contribution in [-0.2, 0) is 17.9 Å². The number of aromatic nitrogens is 1. The van der Waals surface area contributed by atoms with Crippen LogP contribution in [0.15, 0.2) is 28.4 Å². The van der Waals surface area contributed by atoms with Crippen molar-refractivity contribution in [2.75, 3.05) is 14.2 Å². The van der Waals surface area contributed by atoms with E-state index in [9.17, 15) is 9.59 Å². The molecule has 0 saturated carbocycles. The van der Waals surface area contributed by atoms with Crippen molar-refractivity contribution in [3.05, 3.63) is 49.5 Å². The van der Waals surface area contributed by atoms with E-state index in [4.69, 9.17) is 16.3 Å². The number of hydrogen-bond donors (Lipinski definition) is 0. The summed E-state index contributed by atoms with van der Waals surface area (Å²) in [4.78, 5) is 25.5. The third-order valence-electron chi connectivity index (χ3n) is 3.60. The fourth-order valence-electron chi connectivity index (χ4n) is 2.29. The number of carbonyl (C=O) groups is 1. The number of amides is 1. The molecule has 0 unspecified atom stereocenters. The average Bonchev–Trinajstić information content (AvgIpc) is 2.84. The van der Waals surface area contributed by atoms with E-state index >= 15 is 0 Å². The van der Waals surface area contributed by atoms with Gasteiger partial charge in [0.25, 0.3) is 0 Å². The van der Waals surface area contributed by atoms with Gasteiger partial charge in [-0.2, -0.15) is 0 Å². The van der Waals surface area contributed by atoms with Crippen molar-refractivity contribution in [1.29, 1.82) is 0 Å². The van der Waals surface area contributed by atoms with Crippen LogP contribution in [-0.4, -0.2) is 29.5 Å². The maximum Gasteiger partial charge on any atom is 0.307 e. The molecule has 0 bridgehead atoms. The summed E-state index contributed by atoms with van der Waals surface area (Å²) in [7, 11) is 3.31. The van der Waals surface area contributed by atoms with Crippen molar-refractivity contribution >= 4 is 28.8 Å². The Labute approximate surface area is 144 Å². The lowest BCUT2D eigenvalue weighted by molar-refractivity contribution is -0.130.